The minimum Gasteiger partial charge on any atom is -0.759 e. The first-order valence-corrected chi connectivity index (χ1v) is 2.72. The van der Waals surface area contributed by atoms with Crippen molar-refractivity contribution >= 4 is 10.4 Å². The normalized spacial score (nSPS) is 6.60. The molecule has 0 amide bonds. The fourth-order valence-corrected chi connectivity index (χ4v) is 0. The Bertz CT molecular complexity index is 162. The molecule has 0 aromatic heterocycles. The van der Waals surface area contributed by atoms with Crippen molar-refractivity contribution in [2.24, 2.45) is 0 Å². The first kappa shape index (κ1) is 22.4. The summed E-state index contributed by atoms with van der Waals surface area (Å²) in [5.74, 6) is 0. The van der Waals surface area contributed by atoms with Crippen LogP contribution in [0, 0.1) is 11.3 Å². The molecule has 0 rings (SSSR count). The van der Waals surface area contributed by atoms with Crippen molar-refractivity contribution in [1.82, 2.24) is 0 Å². The molecule has 5 nitrogen and oxygen atoms in total. The van der Waals surface area contributed by atoms with Gasteiger partial charge in [-0.25, -0.2) is 0 Å². The van der Waals surface area contributed by atoms with E-state index in [4.69, 9.17) is 22.8 Å². The van der Waals surface area contributed by atoms with Crippen LogP contribution in [0.5, 0.6) is 0 Å². The van der Waals surface area contributed by atoms with E-state index < -0.39 is 10.4 Å². The summed E-state index contributed by atoms with van der Waals surface area (Å²) in [6.45, 7) is 1.43. The van der Waals surface area contributed by atoms with Gasteiger partial charge in [-0.15, -0.1) is 0 Å². The van der Waals surface area contributed by atoms with Crippen molar-refractivity contribution in [1.29, 1.82) is 5.26 Å². The molecule has 8 heteroatoms. The Morgan fingerprint density at radius 2 is 1.30 bits per heavy atom. The molecule has 0 aliphatic heterocycles. The molecule has 0 N–H and O–H groups in total. The van der Waals surface area contributed by atoms with E-state index in [9.17, 15) is 0 Å². The van der Waals surface area contributed by atoms with E-state index in [1.54, 1.807) is 6.07 Å². The molecule has 0 saturated heterocycles. The average molecular weight is 264 g/mol. The molecule has 0 aliphatic carbocycles. The number of nitriles is 1. The third-order valence-electron chi connectivity index (χ3n) is 0. The minimum absolute atomic E-state index is 0. The van der Waals surface area contributed by atoms with Gasteiger partial charge in [0.05, 0.1) is 6.07 Å². The van der Waals surface area contributed by atoms with Crippen molar-refractivity contribution in [2.75, 3.05) is 0 Å². The van der Waals surface area contributed by atoms with E-state index in [1.165, 1.54) is 6.92 Å². The van der Waals surface area contributed by atoms with Gasteiger partial charge in [-0.1, -0.05) is 0 Å². The molecule has 0 fully saturated rings. The zero-order chi connectivity index (χ0) is 7.21. The Kier molecular flexibility index (Phi) is 27.2. The smallest absolute Gasteiger partial charge is 0.759 e. The number of hydrogen-bond donors (Lipinski definition) is 0. The van der Waals surface area contributed by atoms with E-state index in [1.807, 2.05) is 0 Å². The second-order valence-corrected chi connectivity index (χ2v) is 1.45. The van der Waals surface area contributed by atoms with Gasteiger partial charge in [-0.2, -0.15) is 5.26 Å². The Labute approximate surface area is 80.3 Å². The van der Waals surface area contributed by atoms with Gasteiger partial charge in [-0.05, 0) is 0 Å². The van der Waals surface area contributed by atoms with E-state index in [2.05, 4.69) is 0 Å². The minimum atomic E-state index is -5.17. The van der Waals surface area contributed by atoms with E-state index in [0.29, 0.717) is 0 Å². The summed E-state index contributed by atoms with van der Waals surface area (Å²) in [6, 6.07) is 1.75. The van der Waals surface area contributed by atoms with Crippen LogP contribution in [0.2, 0.25) is 0 Å². The summed E-state index contributed by atoms with van der Waals surface area (Å²) < 4.78 is 34.1. The van der Waals surface area contributed by atoms with Gasteiger partial charge in [0.2, 0.25) is 0 Å². The van der Waals surface area contributed by atoms with Crippen LogP contribution in [0.15, 0.2) is 0 Å². The molecular formula is C2H3Cu2NO4S. The van der Waals surface area contributed by atoms with Gasteiger partial charge in [0.1, 0.15) is 0 Å². The van der Waals surface area contributed by atoms with Crippen molar-refractivity contribution in [2.45, 2.75) is 6.92 Å². The largest absolute Gasteiger partial charge is 1.00 e. The van der Waals surface area contributed by atoms with E-state index in [-0.39, 0.29) is 34.1 Å². The summed E-state index contributed by atoms with van der Waals surface area (Å²) in [7, 11) is -5.17. The van der Waals surface area contributed by atoms with Gasteiger partial charge in [0.25, 0.3) is 0 Å². The van der Waals surface area contributed by atoms with Crippen LogP contribution in [0.25, 0.3) is 0 Å². The molecule has 0 radical (unpaired) electrons. The number of nitrogens with zero attached hydrogens (tertiary/aromatic N) is 1. The van der Waals surface area contributed by atoms with Crippen molar-refractivity contribution in [3.63, 3.8) is 0 Å². The maximum Gasteiger partial charge on any atom is 1.00 e. The van der Waals surface area contributed by atoms with Gasteiger partial charge in [0, 0.05) is 17.3 Å². The summed E-state index contributed by atoms with van der Waals surface area (Å²) in [4.78, 5) is 0. The molecule has 0 aliphatic rings. The molecule has 0 heterocycles. The summed E-state index contributed by atoms with van der Waals surface area (Å²) in [6.07, 6.45) is 0. The number of rotatable bonds is 0. The van der Waals surface area contributed by atoms with Gasteiger partial charge in [-0.3, -0.25) is 8.42 Å². The first-order chi connectivity index (χ1) is 3.41. The van der Waals surface area contributed by atoms with Gasteiger partial charge in [0.15, 0.2) is 0 Å². The van der Waals surface area contributed by atoms with Crippen LogP contribution in [0.4, 0.5) is 0 Å². The van der Waals surface area contributed by atoms with Crippen LogP contribution in [-0.2, 0) is 44.5 Å². The molecule has 68 valence electrons. The Morgan fingerprint density at radius 3 is 1.30 bits per heavy atom. The van der Waals surface area contributed by atoms with Crippen LogP contribution in [0.3, 0.4) is 0 Å². The van der Waals surface area contributed by atoms with Crippen LogP contribution in [-0.4, -0.2) is 17.5 Å². The maximum absolute atomic E-state index is 8.52. The summed E-state index contributed by atoms with van der Waals surface area (Å²) >= 11 is 0. The first-order valence-electron chi connectivity index (χ1n) is 1.39. The zero-order valence-electron chi connectivity index (χ0n) is 4.59. The quantitative estimate of drug-likeness (QED) is 0.323. The van der Waals surface area contributed by atoms with Gasteiger partial charge < -0.3 is 9.11 Å². The van der Waals surface area contributed by atoms with Crippen molar-refractivity contribution in [3.05, 3.63) is 0 Å². The molecule has 0 unspecified atom stereocenters. The molecule has 0 bridgehead atoms. The molecule has 0 aromatic rings. The standard InChI is InChI=1S/C2H3N.2Cu.H2O4S/c1-2-3;;;1-5(2,3)4/h1H3;;;(H2,1,2,3,4)/q;2*+1;/p-2. The predicted molar refractivity (Wildman–Crippen MR) is 21.8 cm³/mol. The van der Waals surface area contributed by atoms with Gasteiger partial charge >= 0.3 is 34.1 Å². The molecule has 0 aromatic carbocycles. The Morgan fingerprint density at radius 1 is 1.30 bits per heavy atom. The Hall–Kier alpha value is 0.399. The van der Waals surface area contributed by atoms with Crippen LogP contribution in [0.1, 0.15) is 6.92 Å². The topological polar surface area (TPSA) is 104 Å². The molecule has 0 saturated carbocycles. The van der Waals surface area contributed by atoms with Crippen molar-refractivity contribution < 1.29 is 51.7 Å². The summed E-state index contributed by atoms with van der Waals surface area (Å²) in [5, 5.41) is 7.32. The Balaban J connectivity index is -0.0000000326. The second-order valence-electron chi connectivity index (χ2n) is 0.632. The molecule has 0 atom stereocenters. The average Bonchev–Trinajstić information content (AvgIpc) is 1.27. The molecule has 10 heavy (non-hydrogen) atoms. The monoisotopic (exact) mass is 263 g/mol. The van der Waals surface area contributed by atoms with Crippen molar-refractivity contribution in [3.8, 4) is 6.07 Å². The fourth-order valence-electron chi connectivity index (χ4n) is 0. The van der Waals surface area contributed by atoms with E-state index in [0.717, 1.165) is 0 Å². The maximum atomic E-state index is 8.52. The van der Waals surface area contributed by atoms with Crippen LogP contribution >= 0.6 is 0 Å². The third kappa shape index (κ3) is 2890. The SMILES string of the molecule is CC#N.O=S(=O)([O-])[O-].[Cu+].[Cu+]. The second kappa shape index (κ2) is 12.1. The molecule has 0 spiro atoms. The van der Waals surface area contributed by atoms with E-state index >= 15 is 0 Å². The third-order valence-corrected chi connectivity index (χ3v) is 0. The number of hydrogen-bond acceptors (Lipinski definition) is 5. The van der Waals surface area contributed by atoms with Crippen LogP contribution < -0.4 is 0 Å². The predicted octanol–water partition coefficient (Wildman–Crippen LogP) is -0.813. The molecular weight excluding hydrogens is 261 g/mol. The fraction of sp³-hybridized carbons (Fsp3) is 0.500. The zero-order valence-corrected chi connectivity index (χ0v) is 7.29. The summed E-state index contributed by atoms with van der Waals surface area (Å²) in [5.41, 5.74) is 0.